The molecule has 0 aliphatic carbocycles. The van der Waals surface area contributed by atoms with E-state index in [0.717, 1.165) is 12.8 Å². The second kappa shape index (κ2) is 16.7. The lowest BCUT2D eigenvalue weighted by atomic mass is 10.5. The van der Waals surface area contributed by atoms with Crippen LogP contribution in [-0.2, 0) is 14.2 Å². The molecule has 0 saturated heterocycles. The lowest BCUT2D eigenvalue weighted by Crippen LogP contribution is -2.10. The van der Waals surface area contributed by atoms with Crippen molar-refractivity contribution in [2.24, 2.45) is 32.4 Å². The summed E-state index contributed by atoms with van der Waals surface area (Å²) in [5, 5.41) is 13.5. The van der Waals surface area contributed by atoms with Crippen molar-refractivity contribution in [1.82, 2.24) is 0 Å². The molecule has 0 aliphatic rings. The van der Waals surface area contributed by atoms with Crippen LogP contribution in [0.4, 0.5) is 0 Å². The minimum Gasteiger partial charge on any atom is -0.379 e. The Morgan fingerprint density at radius 1 is 0.579 bits per heavy atom. The van der Waals surface area contributed by atoms with E-state index in [1.165, 1.54) is 0 Å². The van der Waals surface area contributed by atoms with Crippen LogP contribution in [0.25, 0.3) is 0 Å². The van der Waals surface area contributed by atoms with E-state index in [-0.39, 0.29) is 0 Å². The van der Waals surface area contributed by atoms with Gasteiger partial charge in [0.1, 0.15) is 0 Å². The molecule has 0 bridgehead atoms. The number of nitrogens with two attached hydrogens (primary N) is 2. The first kappa shape index (κ1) is 17.7. The van der Waals surface area contributed by atoms with Gasteiger partial charge in [-0.05, 0) is 12.8 Å². The van der Waals surface area contributed by atoms with Gasteiger partial charge in [-0.3, -0.25) is 0 Å². The first-order valence-electron chi connectivity index (χ1n) is 6.28. The van der Waals surface area contributed by atoms with E-state index in [0.29, 0.717) is 52.7 Å². The van der Waals surface area contributed by atoms with Crippen molar-refractivity contribution in [3.05, 3.63) is 0 Å². The average molecular weight is 276 g/mol. The molecule has 0 amide bonds. The Hall–Kier alpha value is -1.32. The molecule has 0 radical (unpaired) electrons. The molecule has 0 rings (SSSR count). The van der Waals surface area contributed by atoms with E-state index in [1.54, 1.807) is 0 Å². The lowest BCUT2D eigenvalue weighted by molar-refractivity contribution is 0.0142. The van der Waals surface area contributed by atoms with Crippen LogP contribution in [-0.4, -0.2) is 52.7 Å². The van der Waals surface area contributed by atoms with Crippen LogP contribution < -0.4 is 11.7 Å². The molecule has 0 fully saturated rings. The third kappa shape index (κ3) is 16.7. The SMILES string of the molecule is NN=NCCCOCCOCCOCCCN=NN. The fourth-order valence-corrected chi connectivity index (χ4v) is 1.13. The quantitative estimate of drug-likeness (QED) is 0.206. The van der Waals surface area contributed by atoms with Gasteiger partial charge in [0.25, 0.3) is 0 Å². The molecular formula is C10H24N6O3. The largest absolute Gasteiger partial charge is 0.379 e. The number of hydrogen-bond donors (Lipinski definition) is 2. The summed E-state index contributed by atoms with van der Waals surface area (Å²) in [5.41, 5.74) is 0. The van der Waals surface area contributed by atoms with Crippen LogP contribution in [0, 0.1) is 0 Å². The number of hydrogen-bond acceptors (Lipinski definition) is 7. The van der Waals surface area contributed by atoms with Gasteiger partial charge in [-0.1, -0.05) is 10.4 Å². The van der Waals surface area contributed by atoms with Crippen molar-refractivity contribution in [3.63, 3.8) is 0 Å². The monoisotopic (exact) mass is 276 g/mol. The van der Waals surface area contributed by atoms with Gasteiger partial charge < -0.3 is 25.9 Å². The van der Waals surface area contributed by atoms with Crippen molar-refractivity contribution in [1.29, 1.82) is 0 Å². The van der Waals surface area contributed by atoms with Crippen molar-refractivity contribution in [2.45, 2.75) is 12.8 Å². The minimum atomic E-state index is 0.559. The Labute approximate surface area is 113 Å². The van der Waals surface area contributed by atoms with E-state index < -0.39 is 0 Å². The maximum atomic E-state index is 5.32. The molecule has 19 heavy (non-hydrogen) atoms. The highest BCUT2D eigenvalue weighted by Gasteiger charge is 1.92. The Kier molecular flexibility index (Phi) is 15.5. The summed E-state index contributed by atoms with van der Waals surface area (Å²) < 4.78 is 15.9. The molecule has 0 atom stereocenters. The zero-order valence-electron chi connectivity index (χ0n) is 11.2. The predicted molar refractivity (Wildman–Crippen MR) is 69.5 cm³/mol. The number of rotatable bonds is 14. The zero-order chi connectivity index (χ0) is 14.0. The standard InChI is InChI=1S/C10H24N6O3/c11-15-13-3-1-5-17-7-9-19-10-8-18-6-2-4-14-16-12/h1-10H2,(H2,11,13)(H2,12,14). The molecule has 0 heterocycles. The van der Waals surface area contributed by atoms with Crippen molar-refractivity contribution >= 4 is 0 Å². The second-order valence-corrected chi connectivity index (χ2v) is 3.51. The summed E-state index contributed by atoms with van der Waals surface area (Å²) in [7, 11) is 0. The summed E-state index contributed by atoms with van der Waals surface area (Å²) in [5.74, 6) is 9.71. The molecule has 0 aliphatic heterocycles. The van der Waals surface area contributed by atoms with Crippen LogP contribution in [0.3, 0.4) is 0 Å². The Morgan fingerprint density at radius 3 is 1.32 bits per heavy atom. The topological polar surface area (TPSA) is 129 Å². The first-order valence-corrected chi connectivity index (χ1v) is 6.28. The molecule has 0 spiro atoms. The van der Waals surface area contributed by atoms with Crippen molar-refractivity contribution < 1.29 is 14.2 Å². The van der Waals surface area contributed by atoms with Gasteiger partial charge in [0.15, 0.2) is 0 Å². The van der Waals surface area contributed by atoms with Gasteiger partial charge in [0.2, 0.25) is 0 Å². The Balaban J connectivity index is 2.95. The van der Waals surface area contributed by atoms with E-state index in [2.05, 4.69) is 20.7 Å². The molecular weight excluding hydrogens is 252 g/mol. The number of ether oxygens (including phenoxy) is 3. The predicted octanol–water partition coefficient (Wildman–Crippen LogP) is 0.468. The van der Waals surface area contributed by atoms with Crippen LogP contribution >= 0.6 is 0 Å². The molecule has 0 unspecified atom stereocenters. The van der Waals surface area contributed by atoms with Crippen molar-refractivity contribution in [3.8, 4) is 0 Å². The molecule has 112 valence electrons. The van der Waals surface area contributed by atoms with E-state index in [1.807, 2.05) is 0 Å². The van der Waals surface area contributed by atoms with Crippen LogP contribution in [0.2, 0.25) is 0 Å². The highest BCUT2D eigenvalue weighted by atomic mass is 16.5. The van der Waals surface area contributed by atoms with Crippen LogP contribution in [0.1, 0.15) is 12.8 Å². The summed E-state index contributed by atoms with van der Waals surface area (Å²) in [4.78, 5) is 0. The number of nitrogens with zero attached hydrogens (tertiary/aromatic N) is 4. The first-order chi connectivity index (χ1) is 9.41. The van der Waals surface area contributed by atoms with Gasteiger partial charge >= 0.3 is 0 Å². The maximum absolute atomic E-state index is 5.32. The fourth-order valence-electron chi connectivity index (χ4n) is 1.13. The Bertz CT molecular complexity index is 205. The van der Waals surface area contributed by atoms with Crippen LogP contribution in [0.5, 0.6) is 0 Å². The molecule has 0 saturated carbocycles. The van der Waals surface area contributed by atoms with Gasteiger partial charge in [-0.25, -0.2) is 0 Å². The summed E-state index contributed by atoms with van der Waals surface area (Å²) in [6.07, 6.45) is 1.62. The normalized spacial score (nSPS) is 11.8. The molecule has 9 nitrogen and oxygen atoms in total. The van der Waals surface area contributed by atoms with E-state index in [9.17, 15) is 0 Å². The third-order valence-electron chi connectivity index (χ3n) is 2.00. The van der Waals surface area contributed by atoms with Gasteiger partial charge in [0, 0.05) is 13.2 Å². The molecule has 0 aromatic heterocycles. The van der Waals surface area contributed by atoms with Crippen molar-refractivity contribution in [2.75, 3.05) is 52.7 Å². The smallest absolute Gasteiger partial charge is 0.0701 e. The highest BCUT2D eigenvalue weighted by Crippen LogP contribution is 1.87. The van der Waals surface area contributed by atoms with E-state index >= 15 is 0 Å². The minimum absolute atomic E-state index is 0.559. The van der Waals surface area contributed by atoms with E-state index in [4.69, 9.17) is 25.9 Å². The summed E-state index contributed by atoms with van der Waals surface area (Å²) in [6, 6.07) is 0. The third-order valence-corrected chi connectivity index (χ3v) is 2.00. The molecule has 9 heteroatoms. The van der Waals surface area contributed by atoms with Gasteiger partial charge in [0.05, 0.1) is 39.5 Å². The highest BCUT2D eigenvalue weighted by molar-refractivity contribution is 4.41. The summed E-state index contributed by atoms with van der Waals surface area (Å²) in [6.45, 7) is 4.70. The zero-order valence-corrected chi connectivity index (χ0v) is 11.2. The average Bonchev–Trinajstić information content (AvgIpc) is 2.43. The second-order valence-electron chi connectivity index (χ2n) is 3.51. The van der Waals surface area contributed by atoms with Crippen LogP contribution in [0.15, 0.2) is 20.7 Å². The molecule has 0 aromatic rings. The molecule has 0 aromatic carbocycles. The maximum Gasteiger partial charge on any atom is 0.0701 e. The Morgan fingerprint density at radius 2 is 0.947 bits per heavy atom. The molecule has 4 N–H and O–H groups in total. The summed E-state index contributed by atoms with van der Waals surface area (Å²) >= 11 is 0. The van der Waals surface area contributed by atoms with Gasteiger partial charge in [-0.2, -0.15) is 10.2 Å². The fraction of sp³-hybridized carbons (Fsp3) is 1.00. The van der Waals surface area contributed by atoms with Gasteiger partial charge in [-0.15, -0.1) is 0 Å². The lowest BCUT2D eigenvalue weighted by Gasteiger charge is -2.05.